The van der Waals surface area contributed by atoms with E-state index in [9.17, 15) is 23.2 Å². The second-order valence-electron chi connectivity index (χ2n) is 6.33. The Hall–Kier alpha value is -2.91. The fourth-order valence-corrected chi connectivity index (χ4v) is 3.82. The molecule has 0 aliphatic carbocycles. The van der Waals surface area contributed by atoms with Gasteiger partial charge in [0.1, 0.15) is 6.10 Å². The number of hydrogen-bond acceptors (Lipinski definition) is 5. The maximum atomic E-state index is 14.5. The van der Waals surface area contributed by atoms with Gasteiger partial charge in [0.25, 0.3) is 0 Å². The van der Waals surface area contributed by atoms with Crippen molar-refractivity contribution in [2.75, 3.05) is 30.5 Å². The fourth-order valence-electron chi connectivity index (χ4n) is 3.82. The molecule has 3 heterocycles. The van der Waals surface area contributed by atoms with Gasteiger partial charge >= 0.3 is 24.0 Å². The highest BCUT2D eigenvalue weighted by Gasteiger charge is 2.57. The normalized spacial score (nSPS) is 24.9. The van der Waals surface area contributed by atoms with Crippen LogP contribution in [0.2, 0.25) is 0 Å². The van der Waals surface area contributed by atoms with Gasteiger partial charge in [0.15, 0.2) is 0 Å². The summed E-state index contributed by atoms with van der Waals surface area (Å²) in [5.74, 6) is -4.93. The molecule has 26 heavy (non-hydrogen) atoms. The zero-order chi connectivity index (χ0) is 18.8. The van der Waals surface area contributed by atoms with Crippen molar-refractivity contribution in [1.82, 2.24) is 5.32 Å². The minimum atomic E-state index is -3.64. The maximum Gasteiger partial charge on any atom is 0.415 e. The Labute approximate surface area is 146 Å². The Balaban J connectivity index is 1.70. The molecule has 1 saturated heterocycles. The van der Waals surface area contributed by atoms with Crippen LogP contribution in [0, 0.1) is 0 Å². The molecule has 1 fully saturated rings. The molecule has 3 aliphatic rings. The number of halogens is 2. The number of likely N-dealkylation sites (N-methyl/N-ethyl adjacent to an activating group) is 1. The quantitative estimate of drug-likeness (QED) is 0.853. The van der Waals surface area contributed by atoms with Gasteiger partial charge in [0.2, 0.25) is 0 Å². The van der Waals surface area contributed by atoms with Gasteiger partial charge in [-0.1, -0.05) is 0 Å². The number of cyclic esters (lactones) is 1. The molecule has 0 aromatic heterocycles. The van der Waals surface area contributed by atoms with E-state index in [-0.39, 0.29) is 29.8 Å². The molecule has 10 heteroatoms. The van der Waals surface area contributed by atoms with Gasteiger partial charge in [0, 0.05) is 7.05 Å². The summed E-state index contributed by atoms with van der Waals surface area (Å²) in [6.07, 6.45) is -1.97. The lowest BCUT2D eigenvalue weighted by atomic mass is 9.97. The van der Waals surface area contributed by atoms with E-state index in [1.807, 2.05) is 0 Å². The molecule has 4 rings (SSSR count). The van der Waals surface area contributed by atoms with Crippen LogP contribution >= 0.6 is 0 Å². The number of nitrogens with zero attached hydrogens (tertiary/aromatic N) is 2. The van der Waals surface area contributed by atoms with E-state index in [0.717, 1.165) is 4.90 Å². The van der Waals surface area contributed by atoms with Crippen molar-refractivity contribution in [3.8, 4) is 0 Å². The molecular weight excluding hydrogens is 352 g/mol. The standard InChI is InChI=1S/C16H15F2N3O5/c1-20-9-4-3-8-7(12(9)16(17,18)13(20)22)5-10-11(6-19-14(23)25-2)26-15(24)21(8)10/h3-4,10-11H,5-6H2,1-2H3,(H,19,23)/t10-,11-/m0/s1. The van der Waals surface area contributed by atoms with Gasteiger partial charge in [-0.15, -0.1) is 0 Å². The van der Waals surface area contributed by atoms with E-state index >= 15 is 0 Å². The Morgan fingerprint density at radius 1 is 1.38 bits per heavy atom. The topological polar surface area (TPSA) is 88.2 Å². The number of alkyl carbamates (subject to hydrolysis) is 1. The number of amides is 3. The number of fused-ring (bicyclic) bond motifs is 5. The third-order valence-corrected chi connectivity index (χ3v) is 5.03. The summed E-state index contributed by atoms with van der Waals surface area (Å²) in [5.41, 5.74) is 0.346. The lowest BCUT2D eigenvalue weighted by Crippen LogP contribution is -2.40. The largest absolute Gasteiger partial charge is 0.453 e. The van der Waals surface area contributed by atoms with Gasteiger partial charge < -0.3 is 19.7 Å². The third-order valence-electron chi connectivity index (χ3n) is 5.03. The summed E-state index contributed by atoms with van der Waals surface area (Å²) in [5, 5.41) is 2.44. The van der Waals surface area contributed by atoms with Gasteiger partial charge in [-0.25, -0.2) is 9.59 Å². The van der Waals surface area contributed by atoms with Gasteiger partial charge in [-0.05, 0) is 24.1 Å². The Kier molecular flexibility index (Phi) is 3.37. The Morgan fingerprint density at radius 3 is 2.77 bits per heavy atom. The van der Waals surface area contributed by atoms with Crippen molar-refractivity contribution in [3.63, 3.8) is 0 Å². The molecule has 0 bridgehead atoms. The zero-order valence-electron chi connectivity index (χ0n) is 13.9. The van der Waals surface area contributed by atoms with Crippen molar-refractivity contribution in [3.05, 3.63) is 23.3 Å². The molecule has 1 aromatic rings. The van der Waals surface area contributed by atoms with Crippen LogP contribution < -0.4 is 15.1 Å². The average Bonchev–Trinajstić information content (AvgIpc) is 3.19. The first-order valence-electron chi connectivity index (χ1n) is 7.91. The van der Waals surface area contributed by atoms with Gasteiger partial charge in [-0.3, -0.25) is 9.69 Å². The van der Waals surface area contributed by atoms with E-state index in [1.54, 1.807) is 0 Å². The number of carbonyl (C=O) groups is 3. The predicted octanol–water partition coefficient (Wildman–Crippen LogP) is 1.36. The molecule has 0 radical (unpaired) electrons. The minimum absolute atomic E-state index is 0.00894. The molecule has 0 unspecified atom stereocenters. The van der Waals surface area contributed by atoms with E-state index in [1.165, 1.54) is 31.2 Å². The number of nitrogens with one attached hydrogen (secondary N) is 1. The first-order valence-corrected chi connectivity index (χ1v) is 7.91. The first-order chi connectivity index (χ1) is 12.3. The van der Waals surface area contributed by atoms with E-state index < -0.39 is 36.2 Å². The fraction of sp³-hybridized carbons (Fsp3) is 0.438. The highest BCUT2D eigenvalue weighted by molar-refractivity contribution is 6.07. The van der Waals surface area contributed by atoms with Crippen LogP contribution in [-0.2, 0) is 26.6 Å². The van der Waals surface area contributed by atoms with Crippen LogP contribution in [0.5, 0.6) is 0 Å². The number of hydrogen-bond donors (Lipinski definition) is 1. The van der Waals surface area contributed by atoms with Crippen LogP contribution in [0.1, 0.15) is 11.1 Å². The first kappa shape index (κ1) is 16.6. The van der Waals surface area contributed by atoms with E-state index in [0.29, 0.717) is 5.69 Å². The average molecular weight is 367 g/mol. The van der Waals surface area contributed by atoms with Crippen molar-refractivity contribution in [2.24, 2.45) is 0 Å². The highest BCUT2D eigenvalue weighted by Crippen LogP contribution is 2.51. The van der Waals surface area contributed by atoms with E-state index in [4.69, 9.17) is 4.74 Å². The third kappa shape index (κ3) is 2.01. The minimum Gasteiger partial charge on any atom is -0.453 e. The summed E-state index contributed by atoms with van der Waals surface area (Å²) < 4.78 is 38.7. The summed E-state index contributed by atoms with van der Waals surface area (Å²) >= 11 is 0. The van der Waals surface area contributed by atoms with Crippen molar-refractivity contribution in [2.45, 2.75) is 24.5 Å². The van der Waals surface area contributed by atoms with Gasteiger partial charge in [-0.2, -0.15) is 8.78 Å². The number of ether oxygens (including phenoxy) is 2. The molecule has 0 spiro atoms. The zero-order valence-corrected chi connectivity index (χ0v) is 13.9. The smallest absolute Gasteiger partial charge is 0.415 e. The van der Waals surface area contributed by atoms with Crippen LogP contribution in [0.15, 0.2) is 12.1 Å². The van der Waals surface area contributed by atoms with Gasteiger partial charge in [0.05, 0.1) is 36.6 Å². The molecule has 8 nitrogen and oxygen atoms in total. The molecule has 1 N–H and O–H groups in total. The van der Waals surface area contributed by atoms with Crippen molar-refractivity contribution in [1.29, 1.82) is 0 Å². The van der Waals surface area contributed by atoms with Crippen LogP contribution in [0.4, 0.5) is 29.7 Å². The maximum absolute atomic E-state index is 14.5. The summed E-state index contributed by atoms with van der Waals surface area (Å²) in [7, 11) is 2.49. The number of rotatable bonds is 2. The van der Waals surface area contributed by atoms with Crippen LogP contribution in [0.3, 0.4) is 0 Å². The number of benzene rings is 1. The molecule has 0 saturated carbocycles. The SMILES string of the molecule is COC(=O)NC[C@@H]1OC(=O)N2c3ccc4c(c3C[C@@H]12)C(F)(F)C(=O)N4C. The highest BCUT2D eigenvalue weighted by atomic mass is 19.3. The summed E-state index contributed by atoms with van der Waals surface area (Å²) in [6.45, 7) is -0.00894. The van der Waals surface area contributed by atoms with Crippen molar-refractivity contribution >= 4 is 29.5 Å². The number of carbonyl (C=O) groups excluding carboxylic acids is 3. The van der Waals surface area contributed by atoms with E-state index in [2.05, 4.69) is 10.1 Å². The summed E-state index contributed by atoms with van der Waals surface area (Å²) in [6, 6.07) is 2.40. The Bertz CT molecular complexity index is 843. The lowest BCUT2D eigenvalue weighted by Gasteiger charge is -2.16. The lowest BCUT2D eigenvalue weighted by molar-refractivity contribution is -0.141. The molecule has 2 atom stereocenters. The molecule has 3 amide bonds. The Morgan fingerprint density at radius 2 is 2.08 bits per heavy atom. The molecule has 3 aliphatic heterocycles. The second-order valence-corrected chi connectivity index (χ2v) is 6.33. The van der Waals surface area contributed by atoms with Crippen LogP contribution in [0.25, 0.3) is 0 Å². The van der Waals surface area contributed by atoms with Crippen molar-refractivity contribution < 1.29 is 32.6 Å². The number of alkyl halides is 2. The molecular formula is C16H15F2N3O5. The predicted molar refractivity (Wildman–Crippen MR) is 84.4 cm³/mol. The molecule has 1 aromatic carbocycles. The van der Waals surface area contributed by atoms with Crippen LogP contribution in [-0.4, -0.2) is 50.9 Å². The second kappa shape index (κ2) is 5.29. The number of methoxy groups -OCH3 is 1. The monoisotopic (exact) mass is 367 g/mol. The number of anilines is 2. The molecule has 138 valence electrons. The summed E-state index contributed by atoms with van der Waals surface area (Å²) in [4.78, 5) is 37.6.